The molecule has 0 bridgehead atoms. The molecule has 1 heterocycles. The number of rotatable bonds is 5. The van der Waals surface area contributed by atoms with Crippen molar-refractivity contribution in [2.24, 2.45) is 0 Å². The predicted molar refractivity (Wildman–Crippen MR) is 75.5 cm³/mol. The van der Waals surface area contributed by atoms with Crippen LogP contribution in [0, 0.1) is 18.3 Å². The second kappa shape index (κ2) is 6.03. The van der Waals surface area contributed by atoms with Crippen LogP contribution in [-0.2, 0) is 23.0 Å². The Balaban J connectivity index is 2.18. The number of aromatic amines is 1. The van der Waals surface area contributed by atoms with Gasteiger partial charge in [-0.25, -0.2) is 13.4 Å². The van der Waals surface area contributed by atoms with E-state index in [1.165, 1.54) is 23.5 Å². The fourth-order valence-corrected chi connectivity index (χ4v) is 2.92. The van der Waals surface area contributed by atoms with Crippen LogP contribution in [0.5, 0.6) is 0 Å². The molecule has 0 spiro atoms. The Morgan fingerprint density at radius 2 is 2.00 bits per heavy atom. The highest BCUT2D eigenvalue weighted by atomic mass is 32.2. The Morgan fingerprint density at radius 3 is 2.52 bits per heavy atom. The molecule has 0 saturated carbocycles. The molecule has 0 aliphatic carbocycles. The lowest BCUT2D eigenvalue weighted by molar-refractivity contribution is 0.457. The van der Waals surface area contributed by atoms with E-state index < -0.39 is 10.0 Å². The van der Waals surface area contributed by atoms with Crippen molar-refractivity contribution in [3.05, 3.63) is 41.5 Å². The average Bonchev–Trinajstić information content (AvgIpc) is 2.85. The largest absolute Gasteiger partial charge is 0.263 e. The number of hydrogen-bond acceptors (Lipinski definition) is 5. The number of aryl methyl sites for hydroxylation is 1. The van der Waals surface area contributed by atoms with Gasteiger partial charge in [0.15, 0.2) is 5.82 Å². The summed E-state index contributed by atoms with van der Waals surface area (Å²) in [5.41, 5.74) is 0.781. The molecule has 0 saturated heterocycles. The standard InChI is InChI=1S/C13H15N5O2S/c1-10-15-13(17-16-10)9-18(2)21(19,20)12-5-3-11(4-6-12)7-8-14/h3-6H,7,9H2,1-2H3,(H,15,16,17). The van der Waals surface area contributed by atoms with Gasteiger partial charge in [0.25, 0.3) is 0 Å². The van der Waals surface area contributed by atoms with Gasteiger partial charge in [-0.15, -0.1) is 0 Å². The molecule has 7 nitrogen and oxygen atoms in total. The normalized spacial score (nSPS) is 11.5. The van der Waals surface area contributed by atoms with E-state index in [-0.39, 0.29) is 17.9 Å². The van der Waals surface area contributed by atoms with Crippen molar-refractivity contribution < 1.29 is 8.42 Å². The van der Waals surface area contributed by atoms with Crippen molar-refractivity contribution in [3.8, 4) is 6.07 Å². The quantitative estimate of drug-likeness (QED) is 0.887. The molecule has 1 aromatic heterocycles. The van der Waals surface area contributed by atoms with E-state index >= 15 is 0 Å². The molecule has 8 heteroatoms. The second-order valence-corrected chi connectivity index (χ2v) is 6.62. The molecule has 21 heavy (non-hydrogen) atoms. The number of H-pyrrole nitrogens is 1. The first-order valence-corrected chi connectivity index (χ1v) is 7.67. The van der Waals surface area contributed by atoms with Crippen molar-refractivity contribution in [1.29, 1.82) is 5.26 Å². The van der Waals surface area contributed by atoms with Crippen LogP contribution in [0.15, 0.2) is 29.2 Å². The number of hydrogen-bond donors (Lipinski definition) is 1. The summed E-state index contributed by atoms with van der Waals surface area (Å²) in [6.07, 6.45) is 0.257. The van der Waals surface area contributed by atoms with Gasteiger partial charge in [-0.05, 0) is 24.6 Å². The number of nitriles is 1. The molecule has 0 radical (unpaired) electrons. The van der Waals surface area contributed by atoms with Crippen LogP contribution in [0.3, 0.4) is 0 Å². The molecular formula is C13H15N5O2S. The fraction of sp³-hybridized carbons (Fsp3) is 0.308. The monoisotopic (exact) mass is 305 g/mol. The zero-order chi connectivity index (χ0) is 15.5. The van der Waals surface area contributed by atoms with Crippen LogP contribution >= 0.6 is 0 Å². The van der Waals surface area contributed by atoms with Gasteiger partial charge in [0.2, 0.25) is 10.0 Å². The summed E-state index contributed by atoms with van der Waals surface area (Å²) in [6, 6.07) is 8.30. The molecule has 1 N–H and O–H groups in total. The summed E-state index contributed by atoms with van der Waals surface area (Å²) < 4.78 is 26.0. The third-order valence-corrected chi connectivity index (χ3v) is 4.74. The molecule has 2 rings (SSSR count). The highest BCUT2D eigenvalue weighted by molar-refractivity contribution is 7.89. The van der Waals surface area contributed by atoms with Crippen molar-refractivity contribution in [2.75, 3.05) is 7.05 Å². The number of nitrogens with zero attached hydrogens (tertiary/aromatic N) is 4. The van der Waals surface area contributed by atoms with E-state index in [0.717, 1.165) is 5.56 Å². The van der Waals surface area contributed by atoms with E-state index in [4.69, 9.17) is 5.26 Å². The summed E-state index contributed by atoms with van der Waals surface area (Å²) in [7, 11) is -2.13. The maximum absolute atomic E-state index is 12.4. The molecule has 0 aliphatic rings. The second-order valence-electron chi connectivity index (χ2n) is 4.58. The smallest absolute Gasteiger partial charge is 0.243 e. The molecule has 0 amide bonds. The average molecular weight is 305 g/mol. The molecule has 0 unspecified atom stereocenters. The van der Waals surface area contributed by atoms with Gasteiger partial charge in [0.05, 0.1) is 23.9 Å². The Morgan fingerprint density at radius 1 is 1.33 bits per heavy atom. The first-order chi connectivity index (χ1) is 9.93. The van der Waals surface area contributed by atoms with Crippen molar-refractivity contribution in [1.82, 2.24) is 19.5 Å². The first-order valence-electron chi connectivity index (χ1n) is 6.23. The maximum Gasteiger partial charge on any atom is 0.243 e. The summed E-state index contributed by atoms with van der Waals surface area (Å²) in [6.45, 7) is 1.84. The topological polar surface area (TPSA) is 103 Å². The Bertz CT molecular complexity index is 759. The van der Waals surface area contributed by atoms with Crippen LogP contribution in [0.1, 0.15) is 17.2 Å². The van der Waals surface area contributed by atoms with Crippen molar-refractivity contribution in [3.63, 3.8) is 0 Å². The lowest BCUT2D eigenvalue weighted by Gasteiger charge is -2.15. The van der Waals surface area contributed by atoms with Crippen molar-refractivity contribution in [2.45, 2.75) is 24.8 Å². The number of sulfonamides is 1. The van der Waals surface area contributed by atoms with E-state index in [1.807, 2.05) is 6.07 Å². The molecule has 1 aromatic carbocycles. The van der Waals surface area contributed by atoms with Crippen LogP contribution in [0.4, 0.5) is 0 Å². The lowest BCUT2D eigenvalue weighted by atomic mass is 10.2. The summed E-state index contributed by atoms with van der Waals surface area (Å²) in [5, 5.41) is 15.2. The minimum absolute atomic E-state index is 0.0899. The van der Waals surface area contributed by atoms with E-state index in [0.29, 0.717) is 11.6 Å². The van der Waals surface area contributed by atoms with Gasteiger partial charge >= 0.3 is 0 Å². The van der Waals surface area contributed by atoms with E-state index in [9.17, 15) is 8.42 Å². The predicted octanol–water partition coefficient (Wildman–Crippen LogP) is 1.000. The SMILES string of the molecule is Cc1nc(CN(C)S(=O)(=O)c2ccc(CC#N)cc2)n[nH]1. The summed E-state index contributed by atoms with van der Waals surface area (Å²) in [5.74, 6) is 1.05. The summed E-state index contributed by atoms with van der Waals surface area (Å²) in [4.78, 5) is 4.27. The van der Waals surface area contributed by atoms with Crippen LogP contribution in [0.25, 0.3) is 0 Å². The molecule has 110 valence electrons. The highest BCUT2D eigenvalue weighted by Crippen LogP contribution is 2.16. The molecule has 0 aliphatic heterocycles. The minimum Gasteiger partial charge on any atom is -0.263 e. The van der Waals surface area contributed by atoms with Crippen LogP contribution in [0.2, 0.25) is 0 Å². The van der Waals surface area contributed by atoms with E-state index in [1.54, 1.807) is 19.1 Å². The summed E-state index contributed by atoms with van der Waals surface area (Å²) >= 11 is 0. The Kier molecular flexibility index (Phi) is 4.35. The van der Waals surface area contributed by atoms with Crippen molar-refractivity contribution >= 4 is 10.0 Å². The zero-order valence-corrected chi connectivity index (χ0v) is 12.6. The minimum atomic E-state index is -3.60. The number of benzene rings is 1. The van der Waals surface area contributed by atoms with Gasteiger partial charge in [-0.1, -0.05) is 12.1 Å². The van der Waals surface area contributed by atoms with Gasteiger partial charge in [0, 0.05) is 7.05 Å². The molecule has 2 aromatic rings. The zero-order valence-electron chi connectivity index (χ0n) is 11.7. The van der Waals surface area contributed by atoms with Crippen LogP contribution in [-0.4, -0.2) is 35.0 Å². The van der Waals surface area contributed by atoms with Gasteiger partial charge < -0.3 is 0 Å². The molecular weight excluding hydrogens is 290 g/mol. The molecule has 0 fully saturated rings. The maximum atomic E-state index is 12.4. The number of nitrogens with one attached hydrogen (secondary N) is 1. The fourth-order valence-electron chi connectivity index (χ4n) is 1.79. The Labute approximate surface area is 123 Å². The number of aromatic nitrogens is 3. The van der Waals surface area contributed by atoms with Gasteiger partial charge in [-0.2, -0.15) is 14.7 Å². The van der Waals surface area contributed by atoms with Gasteiger partial charge in [-0.3, -0.25) is 5.10 Å². The molecule has 0 atom stereocenters. The van der Waals surface area contributed by atoms with E-state index in [2.05, 4.69) is 15.2 Å². The third-order valence-electron chi connectivity index (χ3n) is 2.92. The lowest BCUT2D eigenvalue weighted by Crippen LogP contribution is -2.27. The first kappa shape index (κ1) is 15.2. The Hall–Kier alpha value is -2.24. The van der Waals surface area contributed by atoms with Gasteiger partial charge in [0.1, 0.15) is 5.82 Å². The highest BCUT2D eigenvalue weighted by Gasteiger charge is 2.22. The third kappa shape index (κ3) is 3.45. The van der Waals surface area contributed by atoms with Crippen LogP contribution < -0.4 is 0 Å².